The van der Waals surface area contributed by atoms with Gasteiger partial charge in [0.05, 0.1) is 25.3 Å². The fourth-order valence-corrected chi connectivity index (χ4v) is 4.28. The highest BCUT2D eigenvalue weighted by Gasteiger charge is 2.16. The fourth-order valence-electron chi connectivity index (χ4n) is 3.22. The first-order valence-electron chi connectivity index (χ1n) is 9.30. The summed E-state index contributed by atoms with van der Waals surface area (Å²) in [6.45, 7) is 2.91. The fraction of sp³-hybridized carbons (Fsp3) is 0.227. The summed E-state index contributed by atoms with van der Waals surface area (Å²) in [5.74, 6) is 1.55. The van der Waals surface area contributed by atoms with Crippen LogP contribution in [0.25, 0.3) is 11.2 Å². The Kier molecular flexibility index (Phi) is 5.67. The number of ether oxygens (including phenoxy) is 2. The van der Waals surface area contributed by atoms with Gasteiger partial charge in [0.25, 0.3) is 0 Å². The van der Waals surface area contributed by atoms with E-state index < -0.39 is 0 Å². The van der Waals surface area contributed by atoms with Crippen LogP contribution in [-0.2, 0) is 13.0 Å². The third kappa shape index (κ3) is 4.05. The number of hydrogen-bond donors (Lipinski definition) is 0. The van der Waals surface area contributed by atoms with Crippen LogP contribution in [0.5, 0.6) is 11.5 Å². The van der Waals surface area contributed by atoms with Crippen LogP contribution in [0.15, 0.2) is 65.0 Å². The van der Waals surface area contributed by atoms with Crippen molar-refractivity contribution in [3.05, 3.63) is 66.1 Å². The number of benzene rings is 2. The van der Waals surface area contributed by atoms with Crippen LogP contribution < -0.4 is 9.47 Å². The second-order valence-electron chi connectivity index (χ2n) is 6.57. The van der Waals surface area contributed by atoms with Crippen LogP contribution in [0, 0.1) is 6.92 Å². The molecule has 0 bridgehead atoms. The highest BCUT2D eigenvalue weighted by atomic mass is 32.2. The lowest BCUT2D eigenvalue weighted by atomic mass is 10.1. The Morgan fingerprint density at radius 1 is 1.07 bits per heavy atom. The van der Waals surface area contributed by atoms with Crippen molar-refractivity contribution in [2.24, 2.45) is 0 Å². The second kappa shape index (κ2) is 8.53. The molecule has 0 unspecified atom stereocenters. The number of rotatable bonds is 7. The van der Waals surface area contributed by atoms with Gasteiger partial charge in [-0.2, -0.15) is 0 Å². The van der Waals surface area contributed by atoms with Gasteiger partial charge in [-0.05, 0) is 54.4 Å². The molecule has 0 saturated heterocycles. The SMILES string of the molecule is COc1ccc(OC)c(Sc2nc3cncnc3n2CCc2ccccc2C)c1. The molecule has 2 heterocycles. The molecule has 0 N–H and O–H groups in total. The molecule has 0 radical (unpaired) electrons. The number of nitrogens with zero attached hydrogens (tertiary/aromatic N) is 4. The zero-order chi connectivity index (χ0) is 20.2. The van der Waals surface area contributed by atoms with Gasteiger partial charge in [0.2, 0.25) is 0 Å². The van der Waals surface area contributed by atoms with Gasteiger partial charge >= 0.3 is 0 Å². The van der Waals surface area contributed by atoms with Gasteiger partial charge in [-0.25, -0.2) is 15.0 Å². The van der Waals surface area contributed by atoms with Gasteiger partial charge in [0.1, 0.15) is 23.3 Å². The maximum atomic E-state index is 5.53. The van der Waals surface area contributed by atoms with Crippen molar-refractivity contribution in [1.29, 1.82) is 0 Å². The van der Waals surface area contributed by atoms with Crippen molar-refractivity contribution in [3.63, 3.8) is 0 Å². The predicted octanol–water partition coefficient (Wildman–Crippen LogP) is 4.55. The first kappa shape index (κ1) is 19.3. The molecule has 7 heteroatoms. The molecule has 2 aromatic heterocycles. The zero-order valence-corrected chi connectivity index (χ0v) is 17.4. The van der Waals surface area contributed by atoms with Crippen LogP contribution >= 0.6 is 11.8 Å². The number of aromatic nitrogens is 4. The monoisotopic (exact) mass is 406 g/mol. The Hall–Kier alpha value is -3.06. The minimum atomic E-state index is 0.771. The van der Waals surface area contributed by atoms with Gasteiger partial charge in [-0.1, -0.05) is 24.3 Å². The van der Waals surface area contributed by atoms with Crippen molar-refractivity contribution in [2.45, 2.75) is 29.9 Å². The highest BCUT2D eigenvalue weighted by Crippen LogP contribution is 2.38. The van der Waals surface area contributed by atoms with E-state index in [1.54, 1.807) is 26.7 Å². The molecule has 4 aromatic rings. The second-order valence-corrected chi connectivity index (χ2v) is 7.58. The minimum absolute atomic E-state index is 0.771. The van der Waals surface area contributed by atoms with Gasteiger partial charge in [0.15, 0.2) is 10.8 Å². The summed E-state index contributed by atoms with van der Waals surface area (Å²) in [4.78, 5) is 14.3. The van der Waals surface area contributed by atoms with Gasteiger partial charge in [-0.3, -0.25) is 0 Å². The Labute approximate surface area is 173 Å². The topological polar surface area (TPSA) is 62.1 Å². The van der Waals surface area contributed by atoms with E-state index in [0.717, 1.165) is 45.7 Å². The maximum absolute atomic E-state index is 5.53. The van der Waals surface area contributed by atoms with Crippen LogP contribution in [0.4, 0.5) is 0 Å². The molecule has 0 spiro atoms. The largest absolute Gasteiger partial charge is 0.497 e. The van der Waals surface area contributed by atoms with Crippen molar-refractivity contribution >= 4 is 22.9 Å². The third-order valence-corrected chi connectivity index (χ3v) is 5.85. The average Bonchev–Trinajstić information content (AvgIpc) is 3.10. The van der Waals surface area contributed by atoms with Crippen LogP contribution in [0.1, 0.15) is 11.1 Å². The quantitative estimate of drug-likeness (QED) is 0.449. The Balaban J connectivity index is 1.71. The van der Waals surface area contributed by atoms with Crippen molar-refractivity contribution in [1.82, 2.24) is 19.5 Å². The number of fused-ring (bicyclic) bond motifs is 1. The molecule has 0 aliphatic rings. The van der Waals surface area contributed by atoms with E-state index in [2.05, 4.69) is 45.7 Å². The highest BCUT2D eigenvalue weighted by molar-refractivity contribution is 7.99. The van der Waals surface area contributed by atoms with E-state index in [-0.39, 0.29) is 0 Å². The summed E-state index contributed by atoms with van der Waals surface area (Å²) in [7, 11) is 3.32. The lowest BCUT2D eigenvalue weighted by Gasteiger charge is -2.12. The summed E-state index contributed by atoms with van der Waals surface area (Å²) in [5, 5.41) is 0.848. The molecular formula is C22H22N4O2S. The number of hydrogen-bond acceptors (Lipinski definition) is 6. The van der Waals surface area contributed by atoms with E-state index in [1.165, 1.54) is 22.9 Å². The lowest BCUT2D eigenvalue weighted by molar-refractivity contribution is 0.394. The smallest absolute Gasteiger partial charge is 0.175 e. The maximum Gasteiger partial charge on any atom is 0.175 e. The van der Waals surface area contributed by atoms with E-state index >= 15 is 0 Å². The Morgan fingerprint density at radius 2 is 1.93 bits per heavy atom. The molecule has 6 nitrogen and oxygen atoms in total. The van der Waals surface area contributed by atoms with Crippen LogP contribution in [-0.4, -0.2) is 33.7 Å². The summed E-state index contributed by atoms with van der Waals surface area (Å²) >= 11 is 1.54. The Bertz CT molecular complexity index is 1140. The van der Waals surface area contributed by atoms with Gasteiger partial charge in [-0.15, -0.1) is 0 Å². The summed E-state index contributed by atoms with van der Waals surface area (Å²) < 4.78 is 13.1. The number of methoxy groups -OCH3 is 2. The van der Waals surface area contributed by atoms with E-state index in [9.17, 15) is 0 Å². The molecule has 0 aliphatic carbocycles. The third-order valence-electron chi connectivity index (χ3n) is 4.81. The van der Waals surface area contributed by atoms with Gasteiger partial charge < -0.3 is 14.0 Å². The zero-order valence-electron chi connectivity index (χ0n) is 16.6. The molecule has 0 fully saturated rings. The minimum Gasteiger partial charge on any atom is -0.497 e. The molecule has 29 heavy (non-hydrogen) atoms. The normalized spacial score (nSPS) is 11.0. The molecule has 148 valence electrons. The standard InChI is InChI=1S/C22H22N4O2S/c1-15-6-4-5-7-16(15)10-11-26-21-18(13-23-14-24-21)25-22(26)29-20-12-17(27-2)8-9-19(20)28-3/h4-9,12-14H,10-11H2,1-3H3. The van der Waals surface area contributed by atoms with E-state index in [4.69, 9.17) is 14.5 Å². The molecule has 0 aliphatic heterocycles. The van der Waals surface area contributed by atoms with Crippen molar-refractivity contribution in [2.75, 3.05) is 14.2 Å². The summed E-state index contributed by atoms with van der Waals surface area (Å²) in [6, 6.07) is 14.2. The van der Waals surface area contributed by atoms with E-state index in [1.807, 2.05) is 18.2 Å². The molecule has 0 saturated carbocycles. The first-order valence-corrected chi connectivity index (χ1v) is 10.1. The molecule has 0 amide bonds. The van der Waals surface area contributed by atoms with Crippen LogP contribution in [0.2, 0.25) is 0 Å². The summed E-state index contributed by atoms with van der Waals surface area (Å²) in [6.07, 6.45) is 4.21. The van der Waals surface area contributed by atoms with Crippen molar-refractivity contribution < 1.29 is 9.47 Å². The average molecular weight is 407 g/mol. The number of aryl methyl sites for hydroxylation is 3. The van der Waals surface area contributed by atoms with Gasteiger partial charge in [0, 0.05) is 6.54 Å². The molecule has 4 rings (SSSR count). The van der Waals surface area contributed by atoms with Crippen molar-refractivity contribution in [3.8, 4) is 11.5 Å². The lowest BCUT2D eigenvalue weighted by Crippen LogP contribution is -2.05. The molecule has 2 aromatic carbocycles. The predicted molar refractivity (Wildman–Crippen MR) is 114 cm³/mol. The van der Waals surface area contributed by atoms with Crippen LogP contribution in [0.3, 0.4) is 0 Å². The Morgan fingerprint density at radius 3 is 2.72 bits per heavy atom. The van der Waals surface area contributed by atoms with E-state index in [0.29, 0.717) is 0 Å². The first-order chi connectivity index (χ1) is 14.2. The molecule has 0 atom stereocenters. The number of imidazole rings is 1. The molecular weight excluding hydrogens is 384 g/mol. The summed E-state index contributed by atoms with van der Waals surface area (Å²) in [5.41, 5.74) is 4.22.